The number of carbonyl (C=O) groups is 1. The standard InChI is InChI=1S/C20H17BrF3N5O2/c21-14-3-1-2-11-12(6-25-16(11)14)15-13(20(22,23)24)7-26-17(28-15)27-10-4-19(5-10)8-29(9-19)18(30)31/h1-3,6-7,10,25H,4-5,8-9H2,(H,30,31)(H,26,27,28). The number of hydrogen-bond acceptors (Lipinski definition) is 4. The molecule has 2 aliphatic rings. The largest absolute Gasteiger partial charge is 0.465 e. The molecular formula is C20H17BrF3N5O2. The number of anilines is 1. The Balaban J connectivity index is 1.42. The molecule has 0 radical (unpaired) electrons. The van der Waals surface area contributed by atoms with E-state index < -0.39 is 17.8 Å². The Morgan fingerprint density at radius 1 is 1.32 bits per heavy atom. The third kappa shape index (κ3) is 3.40. The van der Waals surface area contributed by atoms with Crippen molar-refractivity contribution < 1.29 is 23.1 Å². The zero-order valence-electron chi connectivity index (χ0n) is 16.0. The lowest BCUT2D eigenvalue weighted by Crippen LogP contribution is -2.66. The number of nitrogens with zero attached hydrogens (tertiary/aromatic N) is 3. The molecule has 1 spiro atoms. The third-order valence-corrected chi connectivity index (χ3v) is 6.69. The summed E-state index contributed by atoms with van der Waals surface area (Å²) in [5, 5.41) is 12.7. The second-order valence-electron chi connectivity index (χ2n) is 8.21. The van der Waals surface area contributed by atoms with Gasteiger partial charge in [-0.1, -0.05) is 12.1 Å². The van der Waals surface area contributed by atoms with Gasteiger partial charge in [-0.15, -0.1) is 0 Å². The highest BCUT2D eigenvalue weighted by molar-refractivity contribution is 9.10. The third-order valence-electron chi connectivity index (χ3n) is 6.03. The maximum atomic E-state index is 13.7. The molecule has 162 valence electrons. The molecule has 1 aliphatic heterocycles. The SMILES string of the molecule is O=C(O)N1CC2(CC(Nc3ncc(C(F)(F)F)c(-c4c[nH]c5c(Br)cccc45)n3)C2)C1. The van der Waals surface area contributed by atoms with Gasteiger partial charge in [0.05, 0.1) is 11.2 Å². The van der Waals surface area contributed by atoms with Crippen molar-refractivity contribution in [2.75, 3.05) is 18.4 Å². The summed E-state index contributed by atoms with van der Waals surface area (Å²) < 4.78 is 41.8. The molecule has 2 aromatic heterocycles. The van der Waals surface area contributed by atoms with E-state index in [9.17, 15) is 18.0 Å². The van der Waals surface area contributed by atoms with Gasteiger partial charge in [0.15, 0.2) is 0 Å². The number of aromatic nitrogens is 3. The van der Waals surface area contributed by atoms with E-state index in [2.05, 4.69) is 36.2 Å². The lowest BCUT2D eigenvalue weighted by atomic mass is 9.61. The van der Waals surface area contributed by atoms with E-state index in [0.717, 1.165) is 23.5 Å². The molecule has 0 unspecified atom stereocenters. The Kier molecular flexibility index (Phi) is 4.44. The van der Waals surface area contributed by atoms with Crippen molar-refractivity contribution in [3.05, 3.63) is 40.6 Å². The van der Waals surface area contributed by atoms with Gasteiger partial charge in [0.2, 0.25) is 5.95 Å². The Labute approximate surface area is 182 Å². The summed E-state index contributed by atoms with van der Waals surface area (Å²) in [5.74, 6) is 0.126. The lowest BCUT2D eigenvalue weighted by molar-refractivity contribution is -0.137. The fourth-order valence-electron chi connectivity index (χ4n) is 4.60. The molecule has 3 heterocycles. The van der Waals surface area contributed by atoms with Crippen LogP contribution in [0.4, 0.5) is 23.9 Å². The number of hydrogen-bond donors (Lipinski definition) is 3. The number of halogens is 4. The first-order chi connectivity index (χ1) is 14.7. The van der Waals surface area contributed by atoms with E-state index >= 15 is 0 Å². The van der Waals surface area contributed by atoms with Gasteiger partial charge in [-0.2, -0.15) is 13.2 Å². The fraction of sp³-hybridized carbons (Fsp3) is 0.350. The van der Waals surface area contributed by atoms with Crippen LogP contribution in [0.3, 0.4) is 0 Å². The first-order valence-electron chi connectivity index (χ1n) is 9.60. The van der Waals surface area contributed by atoms with E-state index in [-0.39, 0.29) is 23.1 Å². The van der Waals surface area contributed by atoms with Crippen LogP contribution in [0.1, 0.15) is 18.4 Å². The van der Waals surface area contributed by atoms with Crippen LogP contribution >= 0.6 is 15.9 Å². The van der Waals surface area contributed by atoms with Crippen LogP contribution in [0.15, 0.2) is 35.1 Å². The van der Waals surface area contributed by atoms with Crippen LogP contribution in [-0.2, 0) is 6.18 Å². The van der Waals surface area contributed by atoms with Gasteiger partial charge in [-0.3, -0.25) is 0 Å². The zero-order valence-corrected chi connectivity index (χ0v) is 17.6. The van der Waals surface area contributed by atoms with Crippen molar-refractivity contribution >= 4 is 38.9 Å². The number of H-pyrrole nitrogens is 1. The molecule has 3 N–H and O–H groups in total. The number of carboxylic acid groups (broad SMARTS) is 1. The lowest BCUT2D eigenvalue weighted by Gasteiger charge is -2.58. The molecule has 7 nitrogen and oxygen atoms in total. The number of likely N-dealkylation sites (tertiary alicyclic amines) is 1. The highest BCUT2D eigenvalue weighted by Gasteiger charge is 2.54. The smallest absolute Gasteiger partial charge is 0.419 e. The van der Waals surface area contributed by atoms with E-state index in [0.29, 0.717) is 29.6 Å². The molecule has 5 rings (SSSR count). The predicted molar refractivity (Wildman–Crippen MR) is 111 cm³/mol. The molecule has 1 saturated carbocycles. The fourth-order valence-corrected chi connectivity index (χ4v) is 5.09. The van der Waals surface area contributed by atoms with Crippen molar-refractivity contribution in [2.45, 2.75) is 25.1 Å². The summed E-state index contributed by atoms with van der Waals surface area (Å²) in [7, 11) is 0. The van der Waals surface area contributed by atoms with Crippen LogP contribution in [0, 0.1) is 5.41 Å². The average molecular weight is 496 g/mol. The predicted octanol–water partition coefficient (Wildman–Crippen LogP) is 4.96. The van der Waals surface area contributed by atoms with E-state index in [4.69, 9.17) is 5.11 Å². The van der Waals surface area contributed by atoms with Crippen molar-refractivity contribution in [3.8, 4) is 11.3 Å². The van der Waals surface area contributed by atoms with E-state index in [1.54, 1.807) is 18.2 Å². The number of amides is 1. The van der Waals surface area contributed by atoms with Crippen LogP contribution in [-0.4, -0.2) is 50.2 Å². The molecule has 1 aromatic carbocycles. The number of rotatable bonds is 3. The van der Waals surface area contributed by atoms with Crippen molar-refractivity contribution in [1.29, 1.82) is 0 Å². The normalized spacial score (nSPS) is 18.1. The minimum absolute atomic E-state index is 0.00218. The number of alkyl halides is 3. The Hall–Kier alpha value is -2.82. The van der Waals surface area contributed by atoms with E-state index in [1.165, 1.54) is 11.1 Å². The highest BCUT2D eigenvalue weighted by atomic mass is 79.9. The summed E-state index contributed by atoms with van der Waals surface area (Å²) in [6.45, 7) is 0.980. The van der Waals surface area contributed by atoms with E-state index in [1.807, 2.05) is 0 Å². The monoisotopic (exact) mass is 495 g/mol. The van der Waals surface area contributed by atoms with Crippen molar-refractivity contribution in [2.24, 2.45) is 5.41 Å². The van der Waals surface area contributed by atoms with Gasteiger partial charge < -0.3 is 20.3 Å². The molecule has 0 bridgehead atoms. The second-order valence-corrected chi connectivity index (χ2v) is 9.06. The second kappa shape index (κ2) is 6.84. The molecule has 3 aromatic rings. The zero-order chi connectivity index (χ0) is 22.0. The van der Waals surface area contributed by atoms with Gasteiger partial charge in [-0.25, -0.2) is 14.8 Å². The van der Waals surface area contributed by atoms with Crippen LogP contribution < -0.4 is 5.32 Å². The van der Waals surface area contributed by atoms with Crippen LogP contribution in [0.2, 0.25) is 0 Å². The quantitative estimate of drug-likeness (QED) is 0.477. The van der Waals surface area contributed by atoms with Gasteiger partial charge in [0.25, 0.3) is 0 Å². The van der Waals surface area contributed by atoms with Gasteiger partial charge in [0, 0.05) is 52.4 Å². The minimum atomic E-state index is -4.60. The topological polar surface area (TPSA) is 94.1 Å². The molecule has 1 amide bonds. The Morgan fingerprint density at radius 2 is 2.06 bits per heavy atom. The molecule has 0 atom stereocenters. The van der Waals surface area contributed by atoms with Crippen molar-refractivity contribution in [1.82, 2.24) is 19.9 Å². The first-order valence-corrected chi connectivity index (χ1v) is 10.4. The number of benzene rings is 1. The number of para-hydroxylation sites is 1. The number of nitrogens with one attached hydrogen (secondary N) is 2. The summed E-state index contributed by atoms with van der Waals surface area (Å²) in [5.41, 5.74) is -0.0967. The molecule has 11 heteroatoms. The Bertz CT molecular complexity index is 1180. The molecule has 31 heavy (non-hydrogen) atoms. The maximum absolute atomic E-state index is 13.7. The van der Waals surface area contributed by atoms with Gasteiger partial charge >= 0.3 is 12.3 Å². The molecule has 1 saturated heterocycles. The minimum Gasteiger partial charge on any atom is -0.465 e. The average Bonchev–Trinajstić information content (AvgIpc) is 3.06. The highest BCUT2D eigenvalue weighted by Crippen LogP contribution is 2.49. The van der Waals surface area contributed by atoms with Crippen LogP contribution in [0.25, 0.3) is 22.2 Å². The summed E-state index contributed by atoms with van der Waals surface area (Å²) in [6, 6.07) is 5.29. The molecular weight excluding hydrogens is 479 g/mol. The van der Waals surface area contributed by atoms with Gasteiger partial charge in [-0.05, 0) is 34.8 Å². The molecule has 2 fully saturated rings. The number of aromatic amines is 1. The van der Waals surface area contributed by atoms with Gasteiger partial charge in [0.1, 0.15) is 5.56 Å². The molecule has 1 aliphatic carbocycles. The number of fused-ring (bicyclic) bond motifs is 1. The first kappa shape index (κ1) is 20.1. The summed E-state index contributed by atoms with van der Waals surface area (Å²) >= 11 is 3.40. The summed E-state index contributed by atoms with van der Waals surface area (Å²) in [4.78, 5) is 23.5. The van der Waals surface area contributed by atoms with Crippen molar-refractivity contribution in [3.63, 3.8) is 0 Å². The Morgan fingerprint density at radius 3 is 2.74 bits per heavy atom. The summed E-state index contributed by atoms with van der Waals surface area (Å²) in [6.07, 6.45) is -1.73. The maximum Gasteiger partial charge on any atom is 0.419 e. The van der Waals surface area contributed by atoms with Crippen LogP contribution in [0.5, 0.6) is 0 Å².